The van der Waals surface area contributed by atoms with E-state index < -0.39 is 26.0 Å². The molecular weight excluding hydrogens is 444 g/mol. The quantitative estimate of drug-likeness (QED) is 0.421. The maximum absolute atomic E-state index is 10.9. The van der Waals surface area contributed by atoms with Gasteiger partial charge in [-0.05, 0) is 0 Å². The molecule has 2 rings (SSSR count). The zero-order valence-corrected chi connectivity index (χ0v) is 17.2. The lowest BCUT2D eigenvalue weighted by molar-refractivity contribution is -0.116. The number of hydrogen-bond acceptors (Lipinski definition) is 11. The van der Waals surface area contributed by atoms with Gasteiger partial charge >= 0.3 is 0 Å². The average Bonchev–Trinajstić information content (AvgIpc) is 3.05. The Bertz CT molecular complexity index is 1130. The van der Waals surface area contributed by atoms with Crippen LogP contribution in [0.4, 0.5) is 5.13 Å². The maximum atomic E-state index is 10.9. The van der Waals surface area contributed by atoms with Gasteiger partial charge in [0.15, 0.2) is 0 Å². The van der Waals surface area contributed by atoms with Gasteiger partial charge < -0.3 is 5.32 Å². The van der Waals surface area contributed by atoms with Crippen LogP contribution in [0.5, 0.6) is 0 Å². The second kappa shape index (κ2) is 8.71. The molecule has 0 saturated carbocycles. The minimum atomic E-state index is -3.83. The smallest absolute Gasteiger partial charge is 0.267 e. The summed E-state index contributed by atoms with van der Waals surface area (Å²) in [5.74, 6) is -0.776. The molecule has 0 aliphatic carbocycles. The largest absolute Gasteiger partial charge is 0.301 e. The Morgan fingerprint density at radius 3 is 1.96 bits per heavy atom. The Balaban J connectivity index is 0.000000271. The number of hydrogen-bond donors (Lipinski definition) is 3. The number of carbonyl (C=O) groups excluding carboxylic acids is 2. The molecule has 150 valence electrons. The topological polar surface area (TPSA) is 222 Å². The minimum absolute atomic E-state index is 0.108. The fourth-order valence-corrected chi connectivity index (χ4v) is 4.17. The van der Waals surface area contributed by atoms with Gasteiger partial charge in [-0.1, -0.05) is 22.7 Å². The highest BCUT2D eigenvalue weighted by Gasteiger charge is 2.15. The lowest BCUT2D eigenvalue weighted by Gasteiger charge is -1.90. The Labute approximate surface area is 161 Å². The number of primary sulfonamides is 2. The van der Waals surface area contributed by atoms with E-state index in [1.54, 1.807) is 0 Å². The molecule has 18 heteroatoms. The van der Waals surface area contributed by atoms with Gasteiger partial charge in [-0.25, -0.2) is 31.8 Å². The lowest BCUT2D eigenvalue weighted by atomic mass is 10.7. The van der Waals surface area contributed by atoms with Gasteiger partial charge in [-0.2, -0.15) is 4.99 Å². The summed E-state index contributed by atoms with van der Waals surface area (Å²) >= 11 is 1.45. The van der Waals surface area contributed by atoms with Crippen molar-refractivity contribution < 1.29 is 26.4 Å². The molecule has 0 radical (unpaired) electrons. The number of nitrogens with two attached hydrogens (primary N) is 2. The number of nitrogens with one attached hydrogen (secondary N) is 1. The number of rotatable bonds is 3. The van der Waals surface area contributed by atoms with Crippen LogP contribution in [0.3, 0.4) is 0 Å². The van der Waals surface area contributed by atoms with Crippen LogP contribution in [0.25, 0.3) is 0 Å². The van der Waals surface area contributed by atoms with Crippen molar-refractivity contribution in [3.63, 3.8) is 0 Å². The molecular formula is C9H14N8O6S4. The fraction of sp³-hybridized carbons (Fsp3) is 0.333. The second-order valence-electron chi connectivity index (χ2n) is 4.55. The Kier molecular flexibility index (Phi) is 7.40. The molecule has 27 heavy (non-hydrogen) atoms. The number of amides is 2. The van der Waals surface area contributed by atoms with Gasteiger partial charge in [0.05, 0.1) is 0 Å². The van der Waals surface area contributed by atoms with Gasteiger partial charge in [-0.15, -0.1) is 15.3 Å². The maximum Gasteiger partial charge on any atom is 0.267 e. The molecule has 0 atom stereocenters. The van der Waals surface area contributed by atoms with E-state index in [1.807, 2.05) is 0 Å². The van der Waals surface area contributed by atoms with Crippen LogP contribution in [-0.4, -0.2) is 48.6 Å². The summed E-state index contributed by atoms with van der Waals surface area (Å²) in [5, 5.41) is 22.3. The summed E-state index contributed by atoms with van der Waals surface area (Å²) < 4.78 is 43.7. The number of anilines is 1. The predicted molar refractivity (Wildman–Crippen MR) is 94.3 cm³/mol. The van der Waals surface area contributed by atoms with Crippen molar-refractivity contribution >= 4 is 59.7 Å². The van der Waals surface area contributed by atoms with Crippen LogP contribution in [0, 0.1) is 0 Å². The molecule has 0 unspecified atom stereocenters. The van der Waals surface area contributed by atoms with E-state index in [4.69, 9.17) is 10.3 Å². The lowest BCUT2D eigenvalue weighted by Crippen LogP contribution is -2.14. The van der Waals surface area contributed by atoms with E-state index in [0.29, 0.717) is 11.3 Å². The van der Waals surface area contributed by atoms with Crippen LogP contribution in [-0.2, 0) is 36.7 Å². The first-order chi connectivity index (χ1) is 12.2. The molecule has 2 heterocycles. The van der Waals surface area contributed by atoms with Crippen molar-refractivity contribution in [1.29, 1.82) is 0 Å². The zero-order valence-electron chi connectivity index (χ0n) is 14.0. The molecule has 0 spiro atoms. The average molecular weight is 459 g/mol. The van der Waals surface area contributed by atoms with Crippen molar-refractivity contribution in [3.8, 4) is 0 Å². The van der Waals surface area contributed by atoms with E-state index in [2.05, 4.69) is 25.6 Å². The van der Waals surface area contributed by atoms with Crippen LogP contribution in [0.2, 0.25) is 0 Å². The first-order valence-electron chi connectivity index (χ1n) is 6.46. The normalized spacial score (nSPS) is 12.3. The highest BCUT2D eigenvalue weighted by Crippen LogP contribution is 2.17. The Hall–Kier alpha value is -2.12. The fourth-order valence-electron chi connectivity index (χ4n) is 1.20. The Morgan fingerprint density at radius 1 is 1.04 bits per heavy atom. The SMILES string of the molecule is CC(=O)/N=c1\sc(S(N)(=O)=O)nn1C.CC(=O)Nc1nnc(S(N)(=O)=O)s1. The molecule has 0 fully saturated rings. The predicted octanol–water partition coefficient (Wildman–Crippen LogP) is -2.28. The van der Waals surface area contributed by atoms with Crippen LogP contribution < -0.4 is 20.4 Å². The molecule has 0 aromatic carbocycles. The van der Waals surface area contributed by atoms with Crippen molar-refractivity contribution in [2.24, 2.45) is 22.3 Å². The first kappa shape index (κ1) is 22.9. The third-order valence-electron chi connectivity index (χ3n) is 2.12. The van der Waals surface area contributed by atoms with Gasteiger partial charge in [-0.3, -0.25) is 9.59 Å². The second-order valence-corrected chi connectivity index (χ2v) is 9.95. The summed E-state index contributed by atoms with van der Waals surface area (Å²) in [6, 6.07) is 0. The van der Waals surface area contributed by atoms with E-state index in [-0.39, 0.29) is 24.5 Å². The molecule has 0 bridgehead atoms. The summed E-state index contributed by atoms with van der Waals surface area (Å²) in [4.78, 5) is 24.9. The third-order valence-corrected chi connectivity index (χ3v) is 6.57. The molecule has 14 nitrogen and oxygen atoms in total. The van der Waals surface area contributed by atoms with Crippen molar-refractivity contribution in [2.45, 2.75) is 22.5 Å². The summed E-state index contributed by atoms with van der Waals surface area (Å²) in [5.41, 5.74) is 0. The third kappa shape index (κ3) is 7.56. The van der Waals surface area contributed by atoms with Crippen LogP contribution >= 0.6 is 22.7 Å². The van der Waals surface area contributed by atoms with E-state index >= 15 is 0 Å². The summed E-state index contributed by atoms with van der Waals surface area (Å²) in [7, 11) is -6.17. The van der Waals surface area contributed by atoms with Gasteiger partial charge in [0, 0.05) is 20.9 Å². The molecule has 0 aliphatic rings. The number of aromatic nitrogens is 4. The standard InChI is InChI=1S/C5H8N4O3S2.C4H6N4O3S2/c1-3(10)7-4-9(2)8-5(13-4)14(6,11)12;1-2(9)6-3-7-8-4(12-3)13(5,10)11/h1-2H3,(H2,6,11,12);1H3,(H2,5,10,11)(H,6,7,9)/b7-4-;. The van der Waals surface area contributed by atoms with Gasteiger partial charge in [0.1, 0.15) is 0 Å². The summed E-state index contributed by atoms with van der Waals surface area (Å²) in [6.07, 6.45) is 0. The molecule has 2 amide bonds. The van der Waals surface area contributed by atoms with Crippen molar-refractivity contribution in [1.82, 2.24) is 20.0 Å². The van der Waals surface area contributed by atoms with Crippen LogP contribution in [0.1, 0.15) is 13.8 Å². The number of aryl methyl sites for hydroxylation is 1. The zero-order chi connectivity index (χ0) is 21.0. The highest BCUT2D eigenvalue weighted by atomic mass is 32.3. The molecule has 0 saturated heterocycles. The van der Waals surface area contributed by atoms with Crippen LogP contribution in [0.15, 0.2) is 13.7 Å². The number of nitrogens with zero attached hydrogens (tertiary/aromatic N) is 5. The highest BCUT2D eigenvalue weighted by molar-refractivity contribution is 7.91. The van der Waals surface area contributed by atoms with Gasteiger partial charge in [0.25, 0.3) is 20.0 Å². The number of carbonyl (C=O) groups is 2. The van der Waals surface area contributed by atoms with Crippen molar-refractivity contribution in [2.75, 3.05) is 5.32 Å². The van der Waals surface area contributed by atoms with E-state index in [1.165, 1.54) is 25.6 Å². The van der Waals surface area contributed by atoms with E-state index in [0.717, 1.165) is 11.3 Å². The molecule has 5 N–H and O–H groups in total. The van der Waals surface area contributed by atoms with Crippen molar-refractivity contribution in [3.05, 3.63) is 4.80 Å². The molecule has 0 aliphatic heterocycles. The first-order valence-corrected chi connectivity index (χ1v) is 11.2. The van der Waals surface area contributed by atoms with E-state index in [9.17, 15) is 26.4 Å². The molecule has 2 aromatic heterocycles. The monoisotopic (exact) mass is 458 g/mol. The molecule has 2 aromatic rings. The Morgan fingerprint density at radius 2 is 1.59 bits per heavy atom. The minimum Gasteiger partial charge on any atom is -0.301 e. The number of sulfonamides is 2. The van der Waals surface area contributed by atoms with Gasteiger partial charge in [0.2, 0.25) is 30.4 Å². The summed E-state index contributed by atoms with van der Waals surface area (Å²) in [6.45, 7) is 2.54.